The molecular formula is C15H31Cl2N3O. The van der Waals surface area contributed by atoms with Gasteiger partial charge in [0, 0.05) is 25.6 Å². The minimum Gasteiger partial charge on any atom is -0.355 e. The molecular weight excluding hydrogens is 309 g/mol. The molecule has 0 aliphatic carbocycles. The fraction of sp³-hybridized carbons (Fsp3) is 0.933. The standard InChI is InChI=1S/C15H29N3O.2ClH/c1-13-6-10-18(11-7-13)12-9-17-15(19)5-4-14-3-2-8-16-14;;/h13-14,16H,2-12H2,1H3,(H,17,19);2*1H. The molecule has 0 radical (unpaired) electrons. The molecule has 2 fully saturated rings. The number of amides is 1. The molecule has 2 aliphatic rings. The summed E-state index contributed by atoms with van der Waals surface area (Å²) >= 11 is 0. The van der Waals surface area contributed by atoms with E-state index in [-0.39, 0.29) is 30.7 Å². The lowest BCUT2D eigenvalue weighted by Gasteiger charge is -2.30. The van der Waals surface area contributed by atoms with Crippen LogP contribution in [0.2, 0.25) is 0 Å². The average molecular weight is 340 g/mol. The largest absolute Gasteiger partial charge is 0.355 e. The van der Waals surface area contributed by atoms with Crippen LogP contribution in [0.5, 0.6) is 0 Å². The molecule has 0 aromatic heterocycles. The van der Waals surface area contributed by atoms with E-state index >= 15 is 0 Å². The summed E-state index contributed by atoms with van der Waals surface area (Å²) in [6.45, 7) is 7.67. The summed E-state index contributed by atoms with van der Waals surface area (Å²) in [6.07, 6.45) is 6.78. The summed E-state index contributed by atoms with van der Waals surface area (Å²) in [7, 11) is 0. The Morgan fingerprint density at radius 2 is 1.95 bits per heavy atom. The van der Waals surface area contributed by atoms with Crippen LogP contribution in [0, 0.1) is 5.92 Å². The number of rotatable bonds is 6. The first-order valence-electron chi connectivity index (χ1n) is 7.96. The van der Waals surface area contributed by atoms with Crippen molar-refractivity contribution in [2.45, 2.75) is 51.5 Å². The lowest BCUT2D eigenvalue weighted by atomic mass is 9.99. The minimum absolute atomic E-state index is 0. The topological polar surface area (TPSA) is 44.4 Å². The molecule has 21 heavy (non-hydrogen) atoms. The third-order valence-electron chi connectivity index (χ3n) is 4.51. The van der Waals surface area contributed by atoms with Crippen LogP contribution < -0.4 is 10.6 Å². The number of likely N-dealkylation sites (tertiary alicyclic amines) is 1. The number of hydrogen-bond donors (Lipinski definition) is 2. The van der Waals surface area contributed by atoms with Crippen molar-refractivity contribution in [1.82, 2.24) is 15.5 Å². The van der Waals surface area contributed by atoms with Crippen LogP contribution >= 0.6 is 24.8 Å². The van der Waals surface area contributed by atoms with Crippen molar-refractivity contribution in [2.24, 2.45) is 5.92 Å². The number of nitrogens with one attached hydrogen (secondary N) is 2. The maximum atomic E-state index is 11.7. The van der Waals surface area contributed by atoms with Gasteiger partial charge in [-0.15, -0.1) is 24.8 Å². The molecule has 0 aromatic carbocycles. The highest BCUT2D eigenvalue weighted by Gasteiger charge is 2.16. The minimum atomic E-state index is 0. The van der Waals surface area contributed by atoms with Crippen molar-refractivity contribution < 1.29 is 4.79 Å². The smallest absolute Gasteiger partial charge is 0.220 e. The molecule has 2 heterocycles. The van der Waals surface area contributed by atoms with Gasteiger partial charge in [0.2, 0.25) is 5.91 Å². The molecule has 0 saturated carbocycles. The molecule has 0 spiro atoms. The molecule has 4 nitrogen and oxygen atoms in total. The number of carbonyl (C=O) groups is 1. The maximum Gasteiger partial charge on any atom is 0.220 e. The molecule has 6 heteroatoms. The Morgan fingerprint density at radius 1 is 1.24 bits per heavy atom. The number of halogens is 2. The van der Waals surface area contributed by atoms with E-state index in [9.17, 15) is 4.79 Å². The first-order valence-corrected chi connectivity index (χ1v) is 7.96. The van der Waals surface area contributed by atoms with E-state index in [0.29, 0.717) is 12.5 Å². The summed E-state index contributed by atoms with van der Waals surface area (Å²) in [6, 6.07) is 0.578. The zero-order valence-electron chi connectivity index (χ0n) is 13.1. The Hall–Kier alpha value is -0.0300. The zero-order valence-corrected chi connectivity index (χ0v) is 14.7. The second-order valence-corrected chi connectivity index (χ2v) is 6.21. The molecule has 0 aromatic rings. The van der Waals surface area contributed by atoms with E-state index in [0.717, 1.165) is 32.0 Å². The van der Waals surface area contributed by atoms with Gasteiger partial charge < -0.3 is 15.5 Å². The van der Waals surface area contributed by atoms with Crippen molar-refractivity contribution in [2.75, 3.05) is 32.7 Å². The third kappa shape index (κ3) is 8.24. The molecule has 1 amide bonds. The van der Waals surface area contributed by atoms with Crippen LogP contribution in [-0.2, 0) is 4.79 Å². The van der Waals surface area contributed by atoms with Crippen LogP contribution in [0.1, 0.15) is 45.4 Å². The Labute approximate surface area is 141 Å². The van der Waals surface area contributed by atoms with Crippen LogP contribution in [-0.4, -0.2) is 49.6 Å². The first-order chi connectivity index (χ1) is 9.24. The summed E-state index contributed by atoms with van der Waals surface area (Å²) in [5, 5.41) is 6.49. The van der Waals surface area contributed by atoms with Crippen molar-refractivity contribution >= 4 is 30.7 Å². The van der Waals surface area contributed by atoms with Gasteiger partial charge in [0.05, 0.1) is 0 Å². The van der Waals surface area contributed by atoms with Gasteiger partial charge >= 0.3 is 0 Å². The van der Waals surface area contributed by atoms with E-state index < -0.39 is 0 Å². The van der Waals surface area contributed by atoms with Crippen molar-refractivity contribution in [3.8, 4) is 0 Å². The SMILES string of the molecule is CC1CCN(CCNC(=O)CCC2CCCN2)CC1.Cl.Cl. The fourth-order valence-corrected chi connectivity index (χ4v) is 3.04. The molecule has 2 N–H and O–H groups in total. The molecule has 2 rings (SSSR count). The number of hydrogen-bond acceptors (Lipinski definition) is 3. The molecule has 1 unspecified atom stereocenters. The lowest BCUT2D eigenvalue weighted by Crippen LogP contribution is -2.39. The first kappa shape index (κ1) is 21.0. The Bertz CT molecular complexity index is 278. The molecule has 2 aliphatic heterocycles. The number of piperidine rings is 1. The van der Waals surface area contributed by atoms with Crippen LogP contribution in [0.3, 0.4) is 0 Å². The number of carbonyl (C=O) groups excluding carboxylic acids is 1. The highest BCUT2D eigenvalue weighted by Crippen LogP contribution is 2.15. The summed E-state index contributed by atoms with van der Waals surface area (Å²) in [5.74, 6) is 1.10. The van der Waals surface area contributed by atoms with Crippen molar-refractivity contribution in [3.63, 3.8) is 0 Å². The van der Waals surface area contributed by atoms with Gasteiger partial charge in [0.15, 0.2) is 0 Å². The number of nitrogens with zero attached hydrogens (tertiary/aromatic N) is 1. The average Bonchev–Trinajstić information content (AvgIpc) is 2.92. The van der Waals surface area contributed by atoms with Gasteiger partial charge in [-0.25, -0.2) is 0 Å². The molecule has 1 atom stereocenters. The third-order valence-corrected chi connectivity index (χ3v) is 4.51. The molecule has 0 bridgehead atoms. The second-order valence-electron chi connectivity index (χ2n) is 6.21. The highest BCUT2D eigenvalue weighted by atomic mass is 35.5. The van der Waals surface area contributed by atoms with E-state index in [2.05, 4.69) is 22.5 Å². The van der Waals surface area contributed by atoms with E-state index in [1.54, 1.807) is 0 Å². The monoisotopic (exact) mass is 339 g/mol. The van der Waals surface area contributed by atoms with E-state index in [4.69, 9.17) is 0 Å². The Kier molecular flexibility index (Phi) is 11.5. The normalized spacial score (nSPS) is 23.2. The summed E-state index contributed by atoms with van der Waals surface area (Å²) in [4.78, 5) is 14.2. The van der Waals surface area contributed by atoms with Gasteiger partial charge in [-0.3, -0.25) is 4.79 Å². The zero-order chi connectivity index (χ0) is 13.5. The Morgan fingerprint density at radius 3 is 2.57 bits per heavy atom. The molecule has 2 saturated heterocycles. The van der Waals surface area contributed by atoms with Crippen molar-refractivity contribution in [3.05, 3.63) is 0 Å². The quantitative estimate of drug-likeness (QED) is 0.779. The second kappa shape index (κ2) is 11.5. The Balaban J connectivity index is 0.00000200. The summed E-state index contributed by atoms with van der Waals surface area (Å²) < 4.78 is 0. The van der Waals surface area contributed by atoms with Gasteiger partial charge in [0.1, 0.15) is 0 Å². The van der Waals surface area contributed by atoms with Crippen LogP contribution in [0.4, 0.5) is 0 Å². The fourth-order valence-electron chi connectivity index (χ4n) is 3.04. The predicted molar refractivity (Wildman–Crippen MR) is 92.6 cm³/mol. The highest BCUT2D eigenvalue weighted by molar-refractivity contribution is 5.85. The van der Waals surface area contributed by atoms with E-state index in [1.807, 2.05) is 0 Å². The summed E-state index contributed by atoms with van der Waals surface area (Å²) in [5.41, 5.74) is 0. The predicted octanol–water partition coefficient (Wildman–Crippen LogP) is 2.21. The van der Waals surface area contributed by atoms with Crippen LogP contribution in [0.25, 0.3) is 0 Å². The van der Waals surface area contributed by atoms with Crippen LogP contribution in [0.15, 0.2) is 0 Å². The van der Waals surface area contributed by atoms with Gasteiger partial charge in [-0.2, -0.15) is 0 Å². The van der Waals surface area contributed by atoms with E-state index in [1.165, 1.54) is 38.8 Å². The van der Waals surface area contributed by atoms with Gasteiger partial charge in [-0.05, 0) is 57.7 Å². The van der Waals surface area contributed by atoms with Gasteiger partial charge in [-0.1, -0.05) is 6.92 Å². The van der Waals surface area contributed by atoms with Gasteiger partial charge in [0.25, 0.3) is 0 Å². The maximum absolute atomic E-state index is 11.7. The van der Waals surface area contributed by atoms with Crippen molar-refractivity contribution in [1.29, 1.82) is 0 Å². The molecule has 126 valence electrons. The lowest BCUT2D eigenvalue weighted by molar-refractivity contribution is -0.121.